The lowest BCUT2D eigenvalue weighted by molar-refractivity contribution is 0.419. The van der Waals surface area contributed by atoms with Crippen molar-refractivity contribution in [3.8, 4) is 0 Å². The molecule has 0 saturated heterocycles. The van der Waals surface area contributed by atoms with Crippen LogP contribution in [0.1, 0.15) is 5.76 Å². The summed E-state index contributed by atoms with van der Waals surface area (Å²) in [5.74, 6) is 0.512. The Morgan fingerprint density at radius 1 is 1.28 bits per heavy atom. The molecule has 0 fully saturated rings. The van der Waals surface area contributed by atoms with Crippen LogP contribution in [0.2, 0.25) is 0 Å². The van der Waals surface area contributed by atoms with Crippen LogP contribution in [0.15, 0.2) is 45.9 Å². The van der Waals surface area contributed by atoms with Crippen LogP contribution in [0.5, 0.6) is 0 Å². The largest absolute Gasteiger partial charge is 0.446 e. The molecule has 2 aromatic rings. The van der Waals surface area contributed by atoms with Gasteiger partial charge in [0.1, 0.15) is 5.76 Å². The van der Waals surface area contributed by atoms with Gasteiger partial charge in [0.05, 0.1) is 6.54 Å². The van der Waals surface area contributed by atoms with Gasteiger partial charge in [-0.15, -0.1) is 0 Å². The Balaban J connectivity index is 2.05. The van der Waals surface area contributed by atoms with E-state index in [1.807, 2.05) is 24.3 Å². The summed E-state index contributed by atoms with van der Waals surface area (Å²) in [6.07, 6.45) is 0. The van der Waals surface area contributed by atoms with Gasteiger partial charge in [0.15, 0.2) is 0 Å². The molecule has 0 atom stereocenters. The van der Waals surface area contributed by atoms with Crippen molar-refractivity contribution in [2.75, 3.05) is 5.32 Å². The first-order valence-electron chi connectivity index (χ1n) is 5.06. The highest BCUT2D eigenvalue weighted by Gasteiger charge is 2.12. The second-order valence-corrected chi connectivity index (χ2v) is 6.37. The van der Waals surface area contributed by atoms with Gasteiger partial charge in [-0.1, -0.05) is 6.07 Å². The molecule has 0 aliphatic rings. The van der Waals surface area contributed by atoms with Gasteiger partial charge in [-0.25, -0.2) is 13.6 Å². The number of benzene rings is 1. The SMILES string of the molecule is NS(=O)(=O)c1ccc(CNc2cccc(I)c2)o1. The zero-order chi connectivity index (χ0) is 13.2. The van der Waals surface area contributed by atoms with Crippen LogP contribution < -0.4 is 10.5 Å². The number of nitrogens with two attached hydrogens (primary N) is 1. The fourth-order valence-corrected chi connectivity index (χ4v) is 2.42. The van der Waals surface area contributed by atoms with Crippen LogP contribution in [0.3, 0.4) is 0 Å². The first-order chi connectivity index (χ1) is 8.45. The van der Waals surface area contributed by atoms with Crippen molar-refractivity contribution in [2.24, 2.45) is 5.14 Å². The molecule has 7 heteroatoms. The average Bonchev–Trinajstić information content (AvgIpc) is 2.74. The minimum absolute atomic E-state index is 0.220. The topological polar surface area (TPSA) is 85.3 Å². The van der Waals surface area contributed by atoms with E-state index in [2.05, 4.69) is 27.9 Å². The van der Waals surface area contributed by atoms with Gasteiger partial charge in [-0.3, -0.25) is 0 Å². The third-order valence-electron chi connectivity index (χ3n) is 2.21. The third kappa shape index (κ3) is 3.47. The summed E-state index contributed by atoms with van der Waals surface area (Å²) in [6.45, 7) is 0.398. The lowest BCUT2D eigenvalue weighted by Gasteiger charge is -2.04. The zero-order valence-electron chi connectivity index (χ0n) is 9.26. The Morgan fingerprint density at radius 3 is 2.67 bits per heavy atom. The maximum atomic E-state index is 11.0. The second-order valence-electron chi connectivity index (χ2n) is 3.63. The summed E-state index contributed by atoms with van der Waals surface area (Å²) in [4.78, 5) is 0. The molecule has 0 radical (unpaired) electrons. The van der Waals surface area contributed by atoms with Gasteiger partial charge in [0.2, 0.25) is 5.09 Å². The molecule has 0 bridgehead atoms. The van der Waals surface area contributed by atoms with Gasteiger partial charge in [0, 0.05) is 9.26 Å². The molecule has 1 heterocycles. The highest BCUT2D eigenvalue weighted by molar-refractivity contribution is 14.1. The molecule has 0 saturated carbocycles. The lowest BCUT2D eigenvalue weighted by Crippen LogP contribution is -2.10. The second kappa shape index (κ2) is 5.29. The molecule has 0 aliphatic carbocycles. The standard InChI is InChI=1S/C11H11IN2O3S/c12-8-2-1-3-9(6-8)14-7-10-4-5-11(17-10)18(13,15)16/h1-6,14H,7H2,(H2,13,15,16). The minimum Gasteiger partial charge on any atom is -0.446 e. The van der Waals surface area contributed by atoms with Crippen LogP contribution in [0.25, 0.3) is 0 Å². The summed E-state index contributed by atoms with van der Waals surface area (Å²) in [6, 6.07) is 10.7. The van der Waals surface area contributed by atoms with E-state index in [9.17, 15) is 8.42 Å². The molecule has 0 spiro atoms. The van der Waals surface area contributed by atoms with Crippen molar-refractivity contribution in [3.05, 3.63) is 45.7 Å². The smallest absolute Gasteiger partial charge is 0.271 e. The Bertz CT molecular complexity index is 652. The summed E-state index contributed by atoms with van der Waals surface area (Å²) < 4.78 is 28.3. The number of halogens is 1. The van der Waals surface area contributed by atoms with Gasteiger partial charge < -0.3 is 9.73 Å². The number of nitrogens with one attached hydrogen (secondary N) is 1. The highest BCUT2D eigenvalue weighted by Crippen LogP contribution is 2.16. The predicted octanol–water partition coefficient (Wildman–Crippen LogP) is 2.14. The summed E-state index contributed by atoms with van der Waals surface area (Å²) >= 11 is 2.22. The number of anilines is 1. The first kappa shape index (κ1) is 13.4. The van der Waals surface area contributed by atoms with E-state index in [4.69, 9.17) is 9.56 Å². The Kier molecular flexibility index (Phi) is 3.93. The molecule has 0 amide bonds. The van der Waals surface area contributed by atoms with Crippen LogP contribution in [0.4, 0.5) is 5.69 Å². The van der Waals surface area contributed by atoms with Crippen molar-refractivity contribution in [1.82, 2.24) is 0 Å². The van der Waals surface area contributed by atoms with E-state index in [1.54, 1.807) is 6.07 Å². The van der Waals surface area contributed by atoms with Crippen molar-refractivity contribution in [1.29, 1.82) is 0 Å². The maximum absolute atomic E-state index is 11.0. The van der Waals surface area contributed by atoms with Crippen LogP contribution >= 0.6 is 22.6 Å². The number of primary sulfonamides is 1. The Hall–Kier alpha value is -1.06. The lowest BCUT2D eigenvalue weighted by atomic mass is 10.3. The molecule has 18 heavy (non-hydrogen) atoms. The van der Waals surface area contributed by atoms with Crippen molar-refractivity contribution >= 4 is 38.3 Å². The van der Waals surface area contributed by atoms with Crippen LogP contribution in [-0.4, -0.2) is 8.42 Å². The molecule has 1 aromatic heterocycles. The molecule has 0 aliphatic heterocycles. The molecular formula is C11H11IN2O3S. The Labute approximate surface area is 119 Å². The van der Waals surface area contributed by atoms with E-state index in [0.29, 0.717) is 12.3 Å². The van der Waals surface area contributed by atoms with Crippen molar-refractivity contribution in [2.45, 2.75) is 11.6 Å². The molecule has 0 unspecified atom stereocenters. The number of rotatable bonds is 4. The number of hydrogen-bond acceptors (Lipinski definition) is 4. The zero-order valence-corrected chi connectivity index (χ0v) is 12.2. The van der Waals surface area contributed by atoms with Crippen molar-refractivity contribution < 1.29 is 12.8 Å². The minimum atomic E-state index is -3.77. The number of hydrogen-bond donors (Lipinski definition) is 2. The van der Waals surface area contributed by atoms with Crippen molar-refractivity contribution in [3.63, 3.8) is 0 Å². The predicted molar refractivity (Wildman–Crippen MR) is 76.6 cm³/mol. The molecule has 96 valence electrons. The van der Waals surface area contributed by atoms with E-state index in [0.717, 1.165) is 9.26 Å². The quantitative estimate of drug-likeness (QED) is 0.799. The summed E-state index contributed by atoms with van der Waals surface area (Å²) in [5.41, 5.74) is 0.940. The molecular weight excluding hydrogens is 367 g/mol. The van der Waals surface area contributed by atoms with Gasteiger partial charge in [-0.05, 0) is 52.9 Å². The molecule has 2 rings (SSSR count). The summed E-state index contributed by atoms with van der Waals surface area (Å²) in [5, 5.41) is 7.87. The molecule has 5 nitrogen and oxygen atoms in total. The van der Waals surface area contributed by atoms with Crippen LogP contribution in [-0.2, 0) is 16.6 Å². The molecule has 3 N–H and O–H groups in total. The fraction of sp³-hybridized carbons (Fsp3) is 0.0909. The first-order valence-corrected chi connectivity index (χ1v) is 7.68. The van der Waals surface area contributed by atoms with E-state index in [-0.39, 0.29) is 5.09 Å². The number of furan rings is 1. The van der Waals surface area contributed by atoms with Gasteiger partial charge >= 0.3 is 0 Å². The molecule has 1 aromatic carbocycles. The number of sulfonamides is 1. The summed E-state index contributed by atoms with van der Waals surface area (Å²) in [7, 11) is -3.77. The van der Waals surface area contributed by atoms with E-state index >= 15 is 0 Å². The fourth-order valence-electron chi connectivity index (χ4n) is 1.39. The average molecular weight is 378 g/mol. The van der Waals surface area contributed by atoms with E-state index < -0.39 is 10.0 Å². The normalized spacial score (nSPS) is 11.4. The monoisotopic (exact) mass is 378 g/mol. The van der Waals surface area contributed by atoms with E-state index in [1.165, 1.54) is 6.07 Å². The van der Waals surface area contributed by atoms with Gasteiger partial charge in [0.25, 0.3) is 10.0 Å². The Morgan fingerprint density at radius 2 is 2.06 bits per heavy atom. The third-order valence-corrected chi connectivity index (χ3v) is 3.66. The van der Waals surface area contributed by atoms with Crippen LogP contribution in [0, 0.1) is 3.57 Å². The van der Waals surface area contributed by atoms with Gasteiger partial charge in [-0.2, -0.15) is 0 Å². The highest BCUT2D eigenvalue weighted by atomic mass is 127. The maximum Gasteiger partial charge on any atom is 0.271 e.